The number of hydrogen-bond donors (Lipinski definition) is 1. The zero-order chi connectivity index (χ0) is 13.0. The molecule has 1 aromatic rings. The van der Waals surface area contributed by atoms with E-state index < -0.39 is 0 Å². The first kappa shape index (κ1) is 13.4. The van der Waals surface area contributed by atoms with Crippen LogP contribution in [0.2, 0.25) is 0 Å². The standard InChI is InChI=1S/C16H26N2/c1-4-14-10-15(17-5-2)12-18(11-14)16-8-6-7-13(3)9-16/h6-9,14-15,17H,4-5,10-12H2,1-3H3. The summed E-state index contributed by atoms with van der Waals surface area (Å²) in [4.78, 5) is 2.55. The van der Waals surface area contributed by atoms with Gasteiger partial charge in [0.25, 0.3) is 0 Å². The summed E-state index contributed by atoms with van der Waals surface area (Å²) in [5.41, 5.74) is 2.74. The molecule has 0 radical (unpaired) electrons. The Hall–Kier alpha value is -1.02. The Bertz CT molecular complexity index is 375. The van der Waals surface area contributed by atoms with Gasteiger partial charge in [0.1, 0.15) is 0 Å². The molecule has 0 spiro atoms. The first-order valence-corrected chi connectivity index (χ1v) is 7.28. The van der Waals surface area contributed by atoms with Crippen LogP contribution in [0.25, 0.3) is 0 Å². The van der Waals surface area contributed by atoms with E-state index in [1.165, 1.54) is 30.6 Å². The van der Waals surface area contributed by atoms with Crippen molar-refractivity contribution in [3.8, 4) is 0 Å². The van der Waals surface area contributed by atoms with Crippen molar-refractivity contribution in [2.24, 2.45) is 5.92 Å². The fraction of sp³-hybridized carbons (Fsp3) is 0.625. The third-order valence-electron chi connectivity index (χ3n) is 3.97. The highest BCUT2D eigenvalue weighted by Crippen LogP contribution is 2.25. The Labute approximate surface area is 111 Å². The molecule has 0 aliphatic carbocycles. The van der Waals surface area contributed by atoms with Gasteiger partial charge in [-0.3, -0.25) is 0 Å². The van der Waals surface area contributed by atoms with Crippen molar-refractivity contribution in [2.45, 2.75) is 39.7 Å². The lowest BCUT2D eigenvalue weighted by Crippen LogP contribution is -2.49. The number of nitrogens with one attached hydrogen (secondary N) is 1. The summed E-state index contributed by atoms with van der Waals surface area (Å²) in [6.45, 7) is 10.1. The average Bonchev–Trinajstić information content (AvgIpc) is 2.39. The van der Waals surface area contributed by atoms with Gasteiger partial charge in [0.15, 0.2) is 0 Å². The van der Waals surface area contributed by atoms with Crippen molar-refractivity contribution >= 4 is 5.69 Å². The molecule has 2 nitrogen and oxygen atoms in total. The van der Waals surface area contributed by atoms with Crippen molar-refractivity contribution in [3.05, 3.63) is 29.8 Å². The van der Waals surface area contributed by atoms with Crippen LogP contribution < -0.4 is 10.2 Å². The van der Waals surface area contributed by atoms with Gasteiger partial charge in [0, 0.05) is 24.8 Å². The van der Waals surface area contributed by atoms with E-state index in [2.05, 4.69) is 55.3 Å². The molecule has 1 aromatic carbocycles. The molecule has 0 amide bonds. The molecular formula is C16H26N2. The van der Waals surface area contributed by atoms with Crippen LogP contribution in [0.5, 0.6) is 0 Å². The summed E-state index contributed by atoms with van der Waals surface area (Å²) >= 11 is 0. The fourth-order valence-electron chi connectivity index (χ4n) is 2.97. The van der Waals surface area contributed by atoms with E-state index in [1.54, 1.807) is 0 Å². The lowest BCUT2D eigenvalue weighted by Gasteiger charge is -2.39. The Balaban J connectivity index is 2.11. The third-order valence-corrected chi connectivity index (χ3v) is 3.97. The summed E-state index contributed by atoms with van der Waals surface area (Å²) in [6.07, 6.45) is 2.61. The van der Waals surface area contributed by atoms with E-state index >= 15 is 0 Å². The zero-order valence-electron chi connectivity index (χ0n) is 11.9. The van der Waals surface area contributed by atoms with Gasteiger partial charge < -0.3 is 10.2 Å². The third kappa shape index (κ3) is 3.26. The van der Waals surface area contributed by atoms with Crippen LogP contribution in [0, 0.1) is 12.8 Å². The van der Waals surface area contributed by atoms with Gasteiger partial charge in [0.2, 0.25) is 0 Å². The summed E-state index contributed by atoms with van der Waals surface area (Å²) in [7, 11) is 0. The van der Waals surface area contributed by atoms with Crippen LogP contribution in [-0.4, -0.2) is 25.7 Å². The Morgan fingerprint density at radius 1 is 1.28 bits per heavy atom. The summed E-state index contributed by atoms with van der Waals surface area (Å²) < 4.78 is 0. The average molecular weight is 246 g/mol. The summed E-state index contributed by atoms with van der Waals surface area (Å²) in [5, 5.41) is 3.62. The predicted octanol–water partition coefficient (Wildman–Crippen LogP) is 3.21. The Morgan fingerprint density at radius 2 is 2.11 bits per heavy atom. The van der Waals surface area contributed by atoms with E-state index in [0.29, 0.717) is 6.04 Å². The lowest BCUT2D eigenvalue weighted by atomic mass is 9.91. The number of anilines is 1. The maximum atomic E-state index is 3.62. The molecule has 0 bridgehead atoms. The van der Waals surface area contributed by atoms with Gasteiger partial charge in [-0.1, -0.05) is 32.4 Å². The van der Waals surface area contributed by atoms with Gasteiger partial charge in [-0.05, 0) is 43.5 Å². The highest BCUT2D eigenvalue weighted by molar-refractivity contribution is 5.49. The first-order valence-electron chi connectivity index (χ1n) is 7.28. The molecule has 100 valence electrons. The molecule has 0 aromatic heterocycles. The molecule has 2 heteroatoms. The zero-order valence-corrected chi connectivity index (χ0v) is 11.9. The molecule has 1 fully saturated rings. The Kier molecular flexibility index (Phi) is 4.65. The molecule has 2 unspecified atom stereocenters. The Morgan fingerprint density at radius 3 is 2.78 bits per heavy atom. The van der Waals surface area contributed by atoms with Crippen molar-refractivity contribution in [1.82, 2.24) is 5.32 Å². The van der Waals surface area contributed by atoms with Gasteiger partial charge in [-0.15, -0.1) is 0 Å². The molecule has 1 saturated heterocycles. The molecule has 2 rings (SSSR count). The van der Waals surface area contributed by atoms with Gasteiger partial charge in [-0.2, -0.15) is 0 Å². The maximum Gasteiger partial charge on any atom is 0.0369 e. The van der Waals surface area contributed by atoms with Gasteiger partial charge in [-0.25, -0.2) is 0 Å². The maximum absolute atomic E-state index is 3.62. The van der Waals surface area contributed by atoms with Gasteiger partial charge in [0.05, 0.1) is 0 Å². The first-order chi connectivity index (χ1) is 8.72. The largest absolute Gasteiger partial charge is 0.370 e. The second-order valence-electron chi connectivity index (χ2n) is 5.51. The number of likely N-dealkylation sites (N-methyl/N-ethyl adjacent to an activating group) is 1. The molecule has 1 aliphatic heterocycles. The highest BCUT2D eigenvalue weighted by atomic mass is 15.2. The van der Waals surface area contributed by atoms with Crippen molar-refractivity contribution in [3.63, 3.8) is 0 Å². The van der Waals surface area contributed by atoms with Crippen LogP contribution >= 0.6 is 0 Å². The van der Waals surface area contributed by atoms with E-state index in [4.69, 9.17) is 0 Å². The molecular weight excluding hydrogens is 220 g/mol. The minimum absolute atomic E-state index is 0.647. The van der Waals surface area contributed by atoms with Crippen LogP contribution in [0.3, 0.4) is 0 Å². The van der Waals surface area contributed by atoms with E-state index in [-0.39, 0.29) is 0 Å². The number of hydrogen-bond acceptors (Lipinski definition) is 2. The highest BCUT2D eigenvalue weighted by Gasteiger charge is 2.25. The lowest BCUT2D eigenvalue weighted by molar-refractivity contribution is 0.330. The van der Waals surface area contributed by atoms with Crippen LogP contribution in [0.1, 0.15) is 32.3 Å². The van der Waals surface area contributed by atoms with E-state index in [1.807, 2.05) is 0 Å². The summed E-state index contributed by atoms with van der Waals surface area (Å²) in [6, 6.07) is 9.54. The number of rotatable bonds is 4. The normalized spacial score (nSPS) is 24.3. The number of nitrogens with zero attached hydrogens (tertiary/aromatic N) is 1. The minimum atomic E-state index is 0.647. The minimum Gasteiger partial charge on any atom is -0.370 e. The number of piperidine rings is 1. The molecule has 18 heavy (non-hydrogen) atoms. The molecule has 1 aliphatic rings. The van der Waals surface area contributed by atoms with Gasteiger partial charge >= 0.3 is 0 Å². The molecule has 1 N–H and O–H groups in total. The van der Waals surface area contributed by atoms with E-state index in [0.717, 1.165) is 19.0 Å². The number of aryl methyl sites for hydroxylation is 1. The van der Waals surface area contributed by atoms with Crippen molar-refractivity contribution in [1.29, 1.82) is 0 Å². The van der Waals surface area contributed by atoms with E-state index in [9.17, 15) is 0 Å². The number of benzene rings is 1. The monoisotopic (exact) mass is 246 g/mol. The molecule has 1 heterocycles. The van der Waals surface area contributed by atoms with Crippen LogP contribution in [-0.2, 0) is 0 Å². The van der Waals surface area contributed by atoms with Crippen molar-refractivity contribution < 1.29 is 0 Å². The molecule has 0 saturated carbocycles. The molecule has 2 atom stereocenters. The summed E-state index contributed by atoms with van der Waals surface area (Å²) in [5.74, 6) is 0.823. The fourth-order valence-corrected chi connectivity index (χ4v) is 2.97. The predicted molar refractivity (Wildman–Crippen MR) is 79.3 cm³/mol. The van der Waals surface area contributed by atoms with Crippen LogP contribution in [0.4, 0.5) is 5.69 Å². The quantitative estimate of drug-likeness (QED) is 0.877. The topological polar surface area (TPSA) is 15.3 Å². The van der Waals surface area contributed by atoms with Crippen LogP contribution in [0.15, 0.2) is 24.3 Å². The second kappa shape index (κ2) is 6.24. The van der Waals surface area contributed by atoms with Crippen molar-refractivity contribution in [2.75, 3.05) is 24.5 Å². The second-order valence-corrected chi connectivity index (χ2v) is 5.51. The SMILES string of the molecule is CCNC1CC(CC)CN(c2cccc(C)c2)C1. The smallest absolute Gasteiger partial charge is 0.0369 e.